The molecule has 4 aromatic rings. The van der Waals surface area contributed by atoms with E-state index in [1.54, 1.807) is 39.0 Å². The molecule has 0 bridgehead atoms. The molecule has 2 heterocycles. The predicted octanol–water partition coefficient (Wildman–Crippen LogP) is 4.03. The van der Waals surface area contributed by atoms with E-state index >= 15 is 0 Å². The molecule has 0 saturated carbocycles. The van der Waals surface area contributed by atoms with Gasteiger partial charge in [-0.05, 0) is 49.1 Å². The molecule has 186 valence electrons. The highest BCUT2D eigenvalue weighted by molar-refractivity contribution is 6.31. The Balaban J connectivity index is 2.02. The number of nitrogens with zero attached hydrogens (tertiary/aromatic N) is 3. The molecule has 4 rings (SSSR count). The number of nitrogens with two attached hydrogens (primary N) is 1. The molecule has 0 atom stereocenters. The van der Waals surface area contributed by atoms with Gasteiger partial charge in [-0.15, -0.1) is 0 Å². The summed E-state index contributed by atoms with van der Waals surface area (Å²) in [7, 11) is 0. The van der Waals surface area contributed by atoms with Crippen LogP contribution < -0.4 is 11.3 Å². The minimum atomic E-state index is -1.16. The van der Waals surface area contributed by atoms with Gasteiger partial charge in [-0.2, -0.15) is 5.10 Å². The first-order valence-electron chi connectivity index (χ1n) is 11.5. The van der Waals surface area contributed by atoms with Crippen molar-refractivity contribution in [2.75, 3.05) is 0 Å². The number of aromatic nitrogens is 3. The number of primary amides is 1. The van der Waals surface area contributed by atoms with Crippen molar-refractivity contribution < 1.29 is 14.7 Å². The number of hydrogen-bond donors (Lipinski definition) is 2. The third kappa shape index (κ3) is 4.96. The third-order valence-electron chi connectivity index (χ3n) is 5.82. The second kappa shape index (κ2) is 9.72. The fraction of sp³-hybridized carbons (Fsp3) is 0.259. The highest BCUT2D eigenvalue weighted by Gasteiger charge is 2.25. The number of carbonyl (C=O) groups excluding carboxylic acids is 2. The van der Waals surface area contributed by atoms with Gasteiger partial charge in [0.1, 0.15) is 5.69 Å². The number of aliphatic hydroxyl groups is 1. The lowest BCUT2D eigenvalue weighted by Gasteiger charge is -2.19. The van der Waals surface area contributed by atoms with Gasteiger partial charge in [0.05, 0.1) is 30.1 Å². The molecule has 0 spiro atoms. The minimum Gasteiger partial charge on any atom is -0.389 e. The number of benzene rings is 2. The smallest absolute Gasteiger partial charge is 0.266 e. The van der Waals surface area contributed by atoms with Crippen LogP contribution in [-0.2, 0) is 13.1 Å². The summed E-state index contributed by atoms with van der Waals surface area (Å²) in [5, 5.41) is 16.1. The van der Waals surface area contributed by atoms with Gasteiger partial charge in [0.25, 0.3) is 11.5 Å². The molecule has 0 aliphatic heterocycles. The van der Waals surface area contributed by atoms with Crippen LogP contribution in [0, 0.1) is 0 Å². The first-order chi connectivity index (χ1) is 17.0. The number of Topliss-reactive ketones (excluding diaryl/α,β-unsaturated/α-hetero) is 1. The van der Waals surface area contributed by atoms with Crippen molar-refractivity contribution in [2.45, 2.75) is 45.9 Å². The summed E-state index contributed by atoms with van der Waals surface area (Å²) < 4.78 is 2.72. The van der Waals surface area contributed by atoms with Crippen molar-refractivity contribution in [3.05, 3.63) is 87.1 Å². The maximum atomic E-state index is 13.7. The highest BCUT2D eigenvalue weighted by Crippen LogP contribution is 2.33. The zero-order valence-corrected chi connectivity index (χ0v) is 21.0. The second-order valence-electron chi connectivity index (χ2n) is 9.30. The highest BCUT2D eigenvalue weighted by atomic mass is 35.5. The number of pyridine rings is 1. The predicted molar refractivity (Wildman–Crippen MR) is 139 cm³/mol. The maximum absolute atomic E-state index is 13.7. The van der Waals surface area contributed by atoms with E-state index in [4.69, 9.17) is 17.3 Å². The van der Waals surface area contributed by atoms with Crippen LogP contribution in [0.1, 0.15) is 53.9 Å². The Morgan fingerprint density at radius 2 is 1.78 bits per heavy atom. The van der Waals surface area contributed by atoms with Gasteiger partial charge in [0, 0.05) is 22.4 Å². The van der Waals surface area contributed by atoms with E-state index in [1.807, 2.05) is 30.3 Å². The number of amides is 1. The van der Waals surface area contributed by atoms with E-state index in [2.05, 4.69) is 5.10 Å². The molecular formula is C27H27ClN4O4. The first kappa shape index (κ1) is 25.3. The lowest BCUT2D eigenvalue weighted by atomic mass is 9.94. The largest absolute Gasteiger partial charge is 0.389 e. The van der Waals surface area contributed by atoms with E-state index in [0.29, 0.717) is 27.1 Å². The van der Waals surface area contributed by atoms with Gasteiger partial charge in [0.15, 0.2) is 5.78 Å². The Bertz CT molecular complexity index is 1530. The van der Waals surface area contributed by atoms with Crippen molar-refractivity contribution in [3.63, 3.8) is 0 Å². The van der Waals surface area contributed by atoms with E-state index in [-0.39, 0.29) is 42.2 Å². The van der Waals surface area contributed by atoms with Crippen LogP contribution in [0.15, 0.2) is 59.4 Å². The van der Waals surface area contributed by atoms with Crippen LogP contribution in [0.2, 0.25) is 5.02 Å². The monoisotopic (exact) mass is 506 g/mol. The average Bonchev–Trinajstić information content (AvgIpc) is 3.21. The number of ketones is 1. The molecule has 1 amide bonds. The molecule has 0 unspecified atom stereocenters. The van der Waals surface area contributed by atoms with Crippen molar-refractivity contribution in [1.82, 2.24) is 14.3 Å². The molecule has 8 nitrogen and oxygen atoms in total. The van der Waals surface area contributed by atoms with Crippen LogP contribution >= 0.6 is 11.6 Å². The zero-order chi connectivity index (χ0) is 26.2. The van der Waals surface area contributed by atoms with Crippen molar-refractivity contribution >= 4 is 34.1 Å². The topological polar surface area (TPSA) is 120 Å². The third-order valence-corrected chi connectivity index (χ3v) is 6.06. The Morgan fingerprint density at radius 3 is 2.39 bits per heavy atom. The number of hydrogen-bond acceptors (Lipinski definition) is 5. The summed E-state index contributed by atoms with van der Waals surface area (Å²) in [4.78, 5) is 39.1. The fourth-order valence-corrected chi connectivity index (χ4v) is 4.49. The van der Waals surface area contributed by atoms with Crippen LogP contribution in [0.5, 0.6) is 0 Å². The van der Waals surface area contributed by atoms with Gasteiger partial charge in [-0.25, -0.2) is 0 Å². The van der Waals surface area contributed by atoms with E-state index in [0.717, 1.165) is 5.56 Å². The SMILES string of the molecule is CCC(=O)c1c(-c2ccccc2)c2cc(Cl)ccc2c(=O)n1Cc1cc(C(N)=O)n(CC(C)(C)O)n1. The molecule has 2 aromatic heterocycles. The Morgan fingerprint density at radius 1 is 1.08 bits per heavy atom. The number of halogens is 1. The normalized spacial score (nSPS) is 11.7. The maximum Gasteiger partial charge on any atom is 0.266 e. The van der Waals surface area contributed by atoms with Gasteiger partial charge < -0.3 is 10.8 Å². The number of carbonyl (C=O) groups is 2. The van der Waals surface area contributed by atoms with Gasteiger partial charge in [0.2, 0.25) is 0 Å². The molecule has 0 aliphatic carbocycles. The molecular weight excluding hydrogens is 480 g/mol. The quantitative estimate of drug-likeness (QED) is 0.349. The van der Waals surface area contributed by atoms with Crippen LogP contribution in [0.3, 0.4) is 0 Å². The van der Waals surface area contributed by atoms with Crippen LogP contribution in [0.25, 0.3) is 21.9 Å². The van der Waals surface area contributed by atoms with E-state index < -0.39 is 11.5 Å². The molecule has 3 N–H and O–H groups in total. The van der Waals surface area contributed by atoms with E-state index in [9.17, 15) is 19.5 Å². The standard InChI is InChI=1S/C27H27ClN4O4/c1-4-22(33)24-23(16-8-6-5-7-9-16)20-12-17(28)10-11-19(20)26(35)31(24)14-18-13-21(25(29)34)32(30-18)15-27(2,3)36/h5-13,36H,4,14-15H2,1-3H3,(H2,29,34). The van der Waals surface area contributed by atoms with Crippen molar-refractivity contribution in [3.8, 4) is 11.1 Å². The first-order valence-corrected chi connectivity index (χ1v) is 11.9. The zero-order valence-electron chi connectivity index (χ0n) is 20.3. The van der Waals surface area contributed by atoms with Gasteiger partial charge >= 0.3 is 0 Å². The molecule has 2 aromatic carbocycles. The summed E-state index contributed by atoms with van der Waals surface area (Å²) in [5.74, 6) is -0.938. The Labute approximate surface area is 212 Å². The average molecular weight is 507 g/mol. The van der Waals surface area contributed by atoms with Crippen LogP contribution in [-0.4, -0.2) is 36.7 Å². The summed E-state index contributed by atoms with van der Waals surface area (Å²) in [5.41, 5.74) is 6.06. The van der Waals surface area contributed by atoms with Crippen molar-refractivity contribution in [2.24, 2.45) is 5.73 Å². The van der Waals surface area contributed by atoms with Crippen LogP contribution in [0.4, 0.5) is 0 Å². The molecule has 9 heteroatoms. The summed E-state index contributed by atoms with van der Waals surface area (Å²) in [6.07, 6.45) is 0.172. The Hall–Kier alpha value is -3.75. The molecule has 0 saturated heterocycles. The van der Waals surface area contributed by atoms with Crippen molar-refractivity contribution in [1.29, 1.82) is 0 Å². The Kier molecular flexibility index (Phi) is 6.84. The summed E-state index contributed by atoms with van der Waals surface area (Å²) >= 11 is 6.30. The second-order valence-corrected chi connectivity index (χ2v) is 9.74. The lowest BCUT2D eigenvalue weighted by Crippen LogP contribution is -2.30. The summed E-state index contributed by atoms with van der Waals surface area (Å²) in [6.45, 7) is 4.85. The molecule has 36 heavy (non-hydrogen) atoms. The van der Waals surface area contributed by atoms with Gasteiger partial charge in [-0.1, -0.05) is 48.9 Å². The van der Waals surface area contributed by atoms with Gasteiger partial charge in [-0.3, -0.25) is 23.6 Å². The number of fused-ring (bicyclic) bond motifs is 1. The number of rotatable bonds is 8. The van der Waals surface area contributed by atoms with E-state index in [1.165, 1.54) is 15.3 Å². The molecule has 0 aliphatic rings. The fourth-order valence-electron chi connectivity index (χ4n) is 4.32. The lowest BCUT2D eigenvalue weighted by molar-refractivity contribution is 0.0564. The molecule has 0 fully saturated rings. The summed E-state index contributed by atoms with van der Waals surface area (Å²) in [6, 6.07) is 15.8. The molecule has 0 radical (unpaired) electrons. The minimum absolute atomic E-state index is 0.0202.